The summed E-state index contributed by atoms with van der Waals surface area (Å²) in [6.07, 6.45) is 3.54. The molecule has 0 radical (unpaired) electrons. The molecule has 1 N–H and O–H groups in total. The first-order chi connectivity index (χ1) is 7.22. The first kappa shape index (κ1) is 11.7. The molecule has 0 saturated heterocycles. The highest BCUT2D eigenvalue weighted by molar-refractivity contribution is 5.77. The third kappa shape index (κ3) is 2.79. The lowest BCUT2D eigenvalue weighted by molar-refractivity contribution is -0.143. The van der Waals surface area contributed by atoms with Crippen LogP contribution in [0.2, 0.25) is 0 Å². The Morgan fingerprint density at radius 2 is 2.40 bits per heavy atom. The molecule has 1 unspecified atom stereocenters. The fourth-order valence-electron chi connectivity index (χ4n) is 1.36. The van der Waals surface area contributed by atoms with Crippen molar-refractivity contribution in [1.82, 2.24) is 15.1 Å². The number of rotatable bonds is 5. The second-order valence-electron chi connectivity index (χ2n) is 3.14. The van der Waals surface area contributed by atoms with Crippen molar-refractivity contribution in [2.75, 3.05) is 13.7 Å². The maximum absolute atomic E-state index is 11.5. The molecule has 5 heteroatoms. The van der Waals surface area contributed by atoms with Gasteiger partial charge < -0.3 is 10.1 Å². The Morgan fingerprint density at radius 1 is 1.67 bits per heavy atom. The van der Waals surface area contributed by atoms with Crippen LogP contribution in [0, 0.1) is 0 Å². The van der Waals surface area contributed by atoms with Crippen LogP contribution in [-0.2, 0) is 16.1 Å². The molecule has 0 aliphatic carbocycles. The molecular formula is C10H17N3O2. The lowest BCUT2D eigenvalue weighted by Gasteiger charge is -2.13. The molecule has 0 aliphatic heterocycles. The average Bonchev–Trinajstić information content (AvgIpc) is 2.73. The van der Waals surface area contributed by atoms with E-state index in [1.54, 1.807) is 10.9 Å². The van der Waals surface area contributed by atoms with Crippen LogP contribution in [-0.4, -0.2) is 29.4 Å². The summed E-state index contributed by atoms with van der Waals surface area (Å²) < 4.78 is 6.50. The van der Waals surface area contributed by atoms with Crippen LogP contribution in [0.4, 0.5) is 0 Å². The fourth-order valence-corrected chi connectivity index (χ4v) is 1.36. The number of aryl methyl sites for hydroxylation is 1. The van der Waals surface area contributed by atoms with E-state index in [-0.39, 0.29) is 5.97 Å². The number of methoxy groups -OCH3 is 1. The summed E-state index contributed by atoms with van der Waals surface area (Å²) in [5.74, 6) is -0.285. The van der Waals surface area contributed by atoms with Crippen molar-refractivity contribution < 1.29 is 9.53 Å². The molecule has 1 rings (SSSR count). The van der Waals surface area contributed by atoms with Crippen LogP contribution in [0.3, 0.4) is 0 Å². The van der Waals surface area contributed by atoms with Crippen molar-refractivity contribution in [1.29, 1.82) is 0 Å². The van der Waals surface area contributed by atoms with Gasteiger partial charge in [0.1, 0.15) is 6.04 Å². The molecule has 0 aromatic carbocycles. The summed E-state index contributed by atoms with van der Waals surface area (Å²) in [5.41, 5.74) is 0.838. The van der Waals surface area contributed by atoms with E-state index in [9.17, 15) is 4.79 Å². The van der Waals surface area contributed by atoms with Gasteiger partial charge in [-0.05, 0) is 13.5 Å². The first-order valence-corrected chi connectivity index (χ1v) is 5.06. The van der Waals surface area contributed by atoms with Crippen LogP contribution in [0.1, 0.15) is 25.5 Å². The third-order valence-electron chi connectivity index (χ3n) is 2.16. The van der Waals surface area contributed by atoms with E-state index in [1.165, 1.54) is 7.11 Å². The second kappa shape index (κ2) is 5.50. The first-order valence-electron chi connectivity index (χ1n) is 5.06. The average molecular weight is 211 g/mol. The highest BCUT2D eigenvalue weighted by Gasteiger charge is 2.21. The van der Waals surface area contributed by atoms with Crippen molar-refractivity contribution in [3.63, 3.8) is 0 Å². The number of aromatic nitrogens is 2. The Bertz CT molecular complexity index is 322. The zero-order chi connectivity index (χ0) is 11.3. The smallest absolute Gasteiger partial charge is 0.327 e. The van der Waals surface area contributed by atoms with Gasteiger partial charge in [-0.15, -0.1) is 0 Å². The number of ether oxygens (including phenoxy) is 1. The minimum absolute atomic E-state index is 0.285. The predicted molar refractivity (Wildman–Crippen MR) is 56.3 cm³/mol. The molecule has 15 heavy (non-hydrogen) atoms. The number of hydrogen-bond donors (Lipinski definition) is 1. The number of hydrogen-bond acceptors (Lipinski definition) is 4. The molecule has 0 amide bonds. The zero-order valence-electron chi connectivity index (χ0n) is 9.36. The van der Waals surface area contributed by atoms with Gasteiger partial charge in [-0.25, -0.2) is 4.79 Å². The van der Waals surface area contributed by atoms with E-state index >= 15 is 0 Å². The van der Waals surface area contributed by atoms with Crippen molar-refractivity contribution in [3.8, 4) is 0 Å². The minimum Gasteiger partial charge on any atom is -0.468 e. The van der Waals surface area contributed by atoms with Gasteiger partial charge in [0.15, 0.2) is 0 Å². The van der Waals surface area contributed by atoms with E-state index in [0.29, 0.717) is 6.54 Å². The predicted octanol–water partition coefficient (Wildman–Crippen LogP) is 0.727. The van der Waals surface area contributed by atoms with Crippen LogP contribution in [0.5, 0.6) is 0 Å². The number of nitrogens with one attached hydrogen (secondary N) is 1. The Hall–Kier alpha value is -1.36. The van der Waals surface area contributed by atoms with Gasteiger partial charge >= 0.3 is 5.97 Å². The maximum atomic E-state index is 11.5. The molecule has 0 spiro atoms. The van der Waals surface area contributed by atoms with Crippen LogP contribution < -0.4 is 5.32 Å². The molecule has 5 nitrogen and oxygen atoms in total. The molecule has 0 saturated carbocycles. The van der Waals surface area contributed by atoms with Gasteiger partial charge in [0.05, 0.1) is 13.3 Å². The zero-order valence-corrected chi connectivity index (χ0v) is 9.36. The minimum atomic E-state index is -0.416. The fraction of sp³-hybridized carbons (Fsp3) is 0.600. The summed E-state index contributed by atoms with van der Waals surface area (Å²) in [5, 5.41) is 7.18. The Balaban J connectivity index is 2.83. The summed E-state index contributed by atoms with van der Waals surface area (Å²) in [7, 11) is 1.39. The molecule has 0 aliphatic rings. The van der Waals surface area contributed by atoms with E-state index in [1.807, 2.05) is 20.0 Å². The van der Waals surface area contributed by atoms with Crippen molar-refractivity contribution in [2.45, 2.75) is 26.4 Å². The second-order valence-corrected chi connectivity index (χ2v) is 3.14. The van der Waals surface area contributed by atoms with Gasteiger partial charge in [-0.2, -0.15) is 5.10 Å². The van der Waals surface area contributed by atoms with E-state index in [4.69, 9.17) is 4.74 Å². The van der Waals surface area contributed by atoms with Crippen LogP contribution in [0.15, 0.2) is 12.4 Å². The number of nitrogens with zero attached hydrogens (tertiary/aromatic N) is 2. The Kier molecular flexibility index (Phi) is 4.30. The normalized spacial score (nSPS) is 12.5. The summed E-state index contributed by atoms with van der Waals surface area (Å²) in [6.45, 7) is 5.44. The summed E-state index contributed by atoms with van der Waals surface area (Å²) >= 11 is 0. The molecule has 1 heterocycles. The monoisotopic (exact) mass is 211 g/mol. The number of carbonyl (C=O) groups is 1. The van der Waals surface area contributed by atoms with Crippen LogP contribution >= 0.6 is 0 Å². The van der Waals surface area contributed by atoms with Crippen molar-refractivity contribution in [3.05, 3.63) is 18.0 Å². The number of likely N-dealkylation sites (N-methyl/N-ethyl adjacent to an activating group) is 1. The van der Waals surface area contributed by atoms with Crippen molar-refractivity contribution in [2.24, 2.45) is 0 Å². The van der Waals surface area contributed by atoms with E-state index < -0.39 is 6.04 Å². The number of esters is 1. The Labute approximate surface area is 89.4 Å². The highest BCUT2D eigenvalue weighted by Crippen LogP contribution is 2.13. The molecular weight excluding hydrogens is 194 g/mol. The summed E-state index contributed by atoms with van der Waals surface area (Å²) in [6, 6.07) is -0.416. The molecule has 1 aromatic rings. The lowest BCUT2D eigenvalue weighted by Crippen LogP contribution is -2.29. The molecule has 1 atom stereocenters. The Morgan fingerprint density at radius 3 is 2.87 bits per heavy atom. The highest BCUT2D eigenvalue weighted by atomic mass is 16.5. The largest absolute Gasteiger partial charge is 0.468 e. The quantitative estimate of drug-likeness (QED) is 0.729. The lowest BCUT2D eigenvalue weighted by atomic mass is 10.1. The van der Waals surface area contributed by atoms with E-state index in [0.717, 1.165) is 12.1 Å². The van der Waals surface area contributed by atoms with Crippen molar-refractivity contribution >= 4 is 5.97 Å². The summed E-state index contributed by atoms with van der Waals surface area (Å²) in [4.78, 5) is 11.5. The van der Waals surface area contributed by atoms with Gasteiger partial charge in [0.2, 0.25) is 0 Å². The molecule has 1 aromatic heterocycles. The maximum Gasteiger partial charge on any atom is 0.327 e. The number of carbonyl (C=O) groups excluding carboxylic acids is 1. The molecule has 84 valence electrons. The van der Waals surface area contributed by atoms with Gasteiger partial charge in [0.25, 0.3) is 0 Å². The topological polar surface area (TPSA) is 56.1 Å². The van der Waals surface area contributed by atoms with Gasteiger partial charge in [-0.1, -0.05) is 6.92 Å². The molecule has 0 fully saturated rings. The van der Waals surface area contributed by atoms with Gasteiger partial charge in [0, 0.05) is 18.3 Å². The van der Waals surface area contributed by atoms with E-state index in [2.05, 4.69) is 10.4 Å². The SMILES string of the molecule is CCNC(C(=O)OC)c1cnn(CC)c1. The standard InChI is InChI=1S/C10H17N3O2/c1-4-11-9(10(14)15-3)8-6-12-13(5-2)7-8/h6-7,9,11H,4-5H2,1-3H3. The molecule has 0 bridgehead atoms. The third-order valence-corrected chi connectivity index (χ3v) is 2.16. The van der Waals surface area contributed by atoms with Gasteiger partial charge in [-0.3, -0.25) is 4.68 Å². The van der Waals surface area contributed by atoms with Crippen LogP contribution in [0.25, 0.3) is 0 Å².